The topological polar surface area (TPSA) is 79.3 Å². The summed E-state index contributed by atoms with van der Waals surface area (Å²) in [6.07, 6.45) is 14.6. The highest BCUT2D eigenvalue weighted by molar-refractivity contribution is 7.85. The third kappa shape index (κ3) is 6.59. The van der Waals surface area contributed by atoms with E-state index < -0.39 is 10.1 Å². The van der Waals surface area contributed by atoms with Crippen LogP contribution in [0, 0.1) is 0 Å². The van der Waals surface area contributed by atoms with Crippen LogP contribution in [-0.2, 0) is 22.1 Å². The molecule has 0 atom stereocenters. The van der Waals surface area contributed by atoms with Crippen molar-refractivity contribution in [2.75, 3.05) is 17.7 Å². The average Bonchev–Trinajstić information content (AvgIpc) is 3.73. The van der Waals surface area contributed by atoms with E-state index in [1.807, 2.05) is 66.8 Å². The maximum absolute atomic E-state index is 11.7. The molecule has 6 aromatic rings. The van der Waals surface area contributed by atoms with Crippen molar-refractivity contribution < 1.29 is 17.5 Å². The molecule has 252 valence electrons. The molecule has 0 bridgehead atoms. The van der Waals surface area contributed by atoms with E-state index in [-0.39, 0.29) is 17.6 Å². The molecule has 1 aliphatic heterocycles. The summed E-state index contributed by atoms with van der Waals surface area (Å²) in [4.78, 5) is 7.15. The van der Waals surface area contributed by atoms with Gasteiger partial charge >= 0.3 is 0 Å². The number of anilines is 1. The van der Waals surface area contributed by atoms with E-state index in [0.717, 1.165) is 43.3 Å². The molecule has 0 radical (unpaired) electrons. The van der Waals surface area contributed by atoms with Gasteiger partial charge in [0.1, 0.15) is 10.7 Å². The number of thiazole rings is 1. The van der Waals surface area contributed by atoms with E-state index in [1.54, 1.807) is 11.3 Å². The molecule has 9 heteroatoms. The SMILES string of the molecule is CN1\C(=C/C=C/C=C/C=C/c2n(-c3ccccc3)c3ccc(-c4nc5ccccc5s4)cc3[n+]2CCCS(=O)(=O)O)C(C)(C)c2ccccc21. The molecule has 0 aliphatic carbocycles. The number of aryl methyl sites for hydroxylation is 1. The number of fused-ring (bicyclic) bond motifs is 3. The van der Waals surface area contributed by atoms with Gasteiger partial charge in [-0.3, -0.25) is 4.55 Å². The molecule has 3 heterocycles. The van der Waals surface area contributed by atoms with Gasteiger partial charge in [-0.1, -0.05) is 92.8 Å². The van der Waals surface area contributed by atoms with Crippen LogP contribution in [0.5, 0.6) is 0 Å². The fourth-order valence-electron chi connectivity index (χ4n) is 6.86. The third-order valence-electron chi connectivity index (χ3n) is 9.24. The summed E-state index contributed by atoms with van der Waals surface area (Å²) < 4.78 is 38.4. The van der Waals surface area contributed by atoms with E-state index in [2.05, 4.69) is 108 Å². The number of imidazole rings is 1. The van der Waals surface area contributed by atoms with Gasteiger partial charge < -0.3 is 4.90 Å². The number of allylic oxidation sites excluding steroid dienone is 7. The predicted octanol–water partition coefficient (Wildman–Crippen LogP) is 8.91. The van der Waals surface area contributed by atoms with Crippen molar-refractivity contribution in [1.29, 1.82) is 0 Å². The zero-order valence-corrected chi connectivity index (χ0v) is 29.9. The lowest BCUT2D eigenvalue weighted by atomic mass is 9.84. The van der Waals surface area contributed by atoms with Crippen LogP contribution < -0.4 is 9.47 Å². The van der Waals surface area contributed by atoms with Gasteiger partial charge in [-0.2, -0.15) is 13.0 Å². The molecular formula is C41H39N4O3S2+. The Morgan fingerprint density at radius 1 is 0.880 bits per heavy atom. The van der Waals surface area contributed by atoms with Crippen molar-refractivity contribution in [3.63, 3.8) is 0 Å². The Labute approximate surface area is 297 Å². The number of para-hydroxylation sites is 3. The Bertz CT molecular complexity index is 2400. The second-order valence-electron chi connectivity index (χ2n) is 12.9. The molecule has 2 aromatic heterocycles. The maximum Gasteiger partial charge on any atom is 0.287 e. The molecule has 7 rings (SSSR count). The first kappa shape index (κ1) is 33.4. The minimum atomic E-state index is -4.11. The van der Waals surface area contributed by atoms with Gasteiger partial charge in [0.25, 0.3) is 15.9 Å². The third-order valence-corrected chi connectivity index (χ3v) is 11.1. The number of rotatable bonds is 10. The molecule has 0 saturated heterocycles. The number of benzene rings is 4. The Morgan fingerprint density at radius 3 is 2.38 bits per heavy atom. The number of nitrogens with zero attached hydrogens (tertiary/aromatic N) is 4. The number of hydrogen-bond donors (Lipinski definition) is 1. The molecule has 0 amide bonds. The normalized spacial score (nSPS) is 15.5. The molecule has 0 unspecified atom stereocenters. The van der Waals surface area contributed by atoms with Gasteiger partial charge in [0, 0.05) is 41.9 Å². The van der Waals surface area contributed by atoms with Gasteiger partial charge in [0.15, 0.2) is 11.0 Å². The fraction of sp³-hybridized carbons (Fsp3) is 0.171. The Morgan fingerprint density at radius 2 is 1.60 bits per heavy atom. The lowest BCUT2D eigenvalue weighted by Gasteiger charge is -2.23. The molecule has 50 heavy (non-hydrogen) atoms. The highest BCUT2D eigenvalue weighted by Crippen LogP contribution is 2.46. The highest BCUT2D eigenvalue weighted by Gasteiger charge is 2.37. The van der Waals surface area contributed by atoms with Crippen molar-refractivity contribution in [3.8, 4) is 16.3 Å². The zero-order chi connectivity index (χ0) is 34.9. The summed E-state index contributed by atoms with van der Waals surface area (Å²) in [5, 5.41) is 0.919. The summed E-state index contributed by atoms with van der Waals surface area (Å²) in [7, 11) is -1.99. The van der Waals surface area contributed by atoms with Crippen LogP contribution >= 0.6 is 11.3 Å². The molecule has 7 nitrogen and oxygen atoms in total. The van der Waals surface area contributed by atoms with Crippen LogP contribution in [0.25, 0.3) is 43.6 Å². The first-order valence-corrected chi connectivity index (χ1v) is 19.0. The lowest BCUT2D eigenvalue weighted by molar-refractivity contribution is -0.673. The van der Waals surface area contributed by atoms with Gasteiger partial charge in [-0.05, 0) is 60.2 Å². The van der Waals surface area contributed by atoms with Crippen LogP contribution in [0.1, 0.15) is 31.7 Å². The van der Waals surface area contributed by atoms with Crippen molar-refractivity contribution >= 4 is 54.5 Å². The Kier molecular flexibility index (Phi) is 9.13. The number of likely N-dealkylation sites (N-methyl/N-ethyl adjacent to an activating group) is 1. The van der Waals surface area contributed by atoms with Gasteiger partial charge in [-0.25, -0.2) is 9.55 Å². The van der Waals surface area contributed by atoms with Crippen LogP contribution in [-0.4, -0.2) is 35.3 Å². The summed E-state index contributed by atoms with van der Waals surface area (Å²) in [6, 6.07) is 33.1. The highest BCUT2D eigenvalue weighted by atomic mass is 32.2. The average molecular weight is 700 g/mol. The van der Waals surface area contributed by atoms with Crippen LogP contribution in [0.2, 0.25) is 0 Å². The van der Waals surface area contributed by atoms with Crippen molar-refractivity contribution in [2.24, 2.45) is 0 Å². The second kappa shape index (κ2) is 13.7. The van der Waals surface area contributed by atoms with E-state index >= 15 is 0 Å². The standard InChI is InChI=1S/C41H38N4O3S2/c1-41(2)32-19-12-14-21-34(32)43(3)38(41)23-10-5-4-6-11-24-39-44(27-16-28-50(46,47)48)36-29-30(40-42-33-20-13-15-22-37(33)49-40)25-26-35(36)45(39)31-17-8-7-9-18-31/h4-15,17-26,29H,16,27-28H2,1-3H3/p+1. The van der Waals surface area contributed by atoms with E-state index in [1.165, 1.54) is 16.9 Å². The minimum Gasteiger partial charge on any atom is -0.347 e. The van der Waals surface area contributed by atoms with Crippen molar-refractivity contribution in [2.45, 2.75) is 32.2 Å². The van der Waals surface area contributed by atoms with E-state index in [0.29, 0.717) is 6.54 Å². The molecular weight excluding hydrogens is 661 g/mol. The van der Waals surface area contributed by atoms with Gasteiger partial charge in [0.2, 0.25) is 0 Å². The summed E-state index contributed by atoms with van der Waals surface area (Å²) in [5.41, 5.74) is 8.57. The fourth-order valence-corrected chi connectivity index (χ4v) is 8.32. The molecule has 4 aromatic carbocycles. The van der Waals surface area contributed by atoms with Gasteiger partial charge in [-0.15, -0.1) is 11.3 Å². The smallest absolute Gasteiger partial charge is 0.287 e. The van der Waals surface area contributed by atoms with E-state index in [4.69, 9.17) is 4.98 Å². The summed E-state index contributed by atoms with van der Waals surface area (Å²) in [6.45, 7) is 4.90. The second-order valence-corrected chi connectivity index (χ2v) is 15.5. The summed E-state index contributed by atoms with van der Waals surface area (Å²) >= 11 is 1.65. The molecule has 1 N–H and O–H groups in total. The number of hydrogen-bond acceptors (Lipinski definition) is 5. The largest absolute Gasteiger partial charge is 0.347 e. The quantitative estimate of drug-likeness (QED) is 0.0878. The Balaban J connectivity index is 1.25. The first-order valence-electron chi connectivity index (χ1n) is 16.6. The molecule has 0 spiro atoms. The first-order chi connectivity index (χ1) is 24.1. The lowest BCUT2D eigenvalue weighted by Crippen LogP contribution is -2.37. The van der Waals surface area contributed by atoms with Crippen molar-refractivity contribution in [1.82, 2.24) is 9.55 Å². The monoisotopic (exact) mass is 699 g/mol. The van der Waals surface area contributed by atoms with Crippen molar-refractivity contribution in [3.05, 3.63) is 151 Å². The number of aromatic nitrogens is 3. The maximum atomic E-state index is 11.7. The predicted molar refractivity (Wildman–Crippen MR) is 206 cm³/mol. The van der Waals surface area contributed by atoms with Gasteiger partial charge in [0.05, 0.1) is 22.5 Å². The zero-order valence-electron chi connectivity index (χ0n) is 28.3. The van der Waals surface area contributed by atoms with Crippen LogP contribution in [0.15, 0.2) is 139 Å². The molecule has 0 fully saturated rings. The van der Waals surface area contributed by atoms with Crippen LogP contribution in [0.4, 0.5) is 5.69 Å². The Hall–Kier alpha value is -5.09. The summed E-state index contributed by atoms with van der Waals surface area (Å²) in [5.74, 6) is 0.557. The van der Waals surface area contributed by atoms with E-state index in [9.17, 15) is 13.0 Å². The molecule has 0 saturated carbocycles. The van der Waals surface area contributed by atoms with Crippen LogP contribution in [0.3, 0.4) is 0 Å². The minimum absolute atomic E-state index is 0.0833. The molecule has 1 aliphatic rings.